The molecule has 0 atom stereocenters. The summed E-state index contributed by atoms with van der Waals surface area (Å²) < 4.78 is 2.20. The van der Waals surface area contributed by atoms with Gasteiger partial charge in [0.05, 0.1) is 6.61 Å². The van der Waals surface area contributed by atoms with Gasteiger partial charge in [-0.25, -0.2) is 0 Å². The summed E-state index contributed by atoms with van der Waals surface area (Å²) in [6.07, 6.45) is 4.30. The summed E-state index contributed by atoms with van der Waals surface area (Å²) in [6.45, 7) is 2.57. The van der Waals surface area contributed by atoms with E-state index in [0.29, 0.717) is 0 Å². The molecule has 0 aliphatic rings. The third-order valence-corrected chi connectivity index (χ3v) is 3.95. The number of hydrogen-bond acceptors (Lipinski definition) is 2. The number of aliphatic hydroxyl groups is 1. The Bertz CT molecular complexity index is 734. The van der Waals surface area contributed by atoms with Crippen LogP contribution < -0.4 is 5.32 Å². The molecule has 1 aromatic heterocycles. The fourth-order valence-electron chi connectivity index (χ4n) is 2.71. The number of nitrogens with one attached hydrogen (secondary N) is 1. The summed E-state index contributed by atoms with van der Waals surface area (Å²) in [4.78, 5) is 0. The Morgan fingerprint density at radius 2 is 1.52 bits per heavy atom. The van der Waals surface area contributed by atoms with Crippen molar-refractivity contribution in [3.63, 3.8) is 0 Å². The van der Waals surface area contributed by atoms with Crippen LogP contribution in [-0.2, 0) is 26.2 Å². The molecule has 0 saturated heterocycles. The Kier molecular flexibility index (Phi) is 5.25. The lowest BCUT2D eigenvalue weighted by molar-refractivity contribution is 0.280. The zero-order valence-electron chi connectivity index (χ0n) is 13.2. The lowest BCUT2D eigenvalue weighted by Gasteiger charge is -2.08. The van der Waals surface area contributed by atoms with Gasteiger partial charge in [-0.15, -0.1) is 0 Å². The highest BCUT2D eigenvalue weighted by molar-refractivity contribution is 5.26. The van der Waals surface area contributed by atoms with E-state index in [2.05, 4.69) is 58.7 Å². The number of benzene rings is 2. The van der Waals surface area contributed by atoms with Crippen molar-refractivity contribution in [3.05, 3.63) is 95.3 Å². The zero-order chi connectivity index (χ0) is 15.9. The molecule has 1 heterocycles. The second-order valence-corrected chi connectivity index (χ2v) is 5.71. The molecule has 3 heteroatoms. The fraction of sp³-hybridized carbons (Fsp3) is 0.200. The van der Waals surface area contributed by atoms with Gasteiger partial charge < -0.3 is 15.0 Å². The summed E-state index contributed by atoms with van der Waals surface area (Å²) in [5.41, 5.74) is 4.71. The first-order valence-electron chi connectivity index (χ1n) is 7.92. The average Bonchev–Trinajstić information content (AvgIpc) is 3.03. The largest absolute Gasteiger partial charge is 0.392 e. The highest BCUT2D eigenvalue weighted by Gasteiger charge is 2.01. The Morgan fingerprint density at radius 3 is 2.30 bits per heavy atom. The van der Waals surface area contributed by atoms with E-state index in [1.54, 1.807) is 0 Å². The minimum Gasteiger partial charge on any atom is -0.392 e. The van der Waals surface area contributed by atoms with Crippen LogP contribution in [0.15, 0.2) is 73.1 Å². The Balaban J connectivity index is 1.53. The van der Waals surface area contributed by atoms with Gasteiger partial charge in [-0.3, -0.25) is 0 Å². The molecule has 3 rings (SSSR count). The molecule has 3 nitrogen and oxygen atoms in total. The number of aliphatic hydroxyl groups excluding tert-OH is 1. The van der Waals surface area contributed by atoms with E-state index in [1.165, 1.54) is 11.1 Å². The molecule has 0 radical (unpaired) electrons. The molecule has 0 fully saturated rings. The van der Waals surface area contributed by atoms with Gasteiger partial charge in [-0.05, 0) is 28.3 Å². The molecule has 23 heavy (non-hydrogen) atoms. The van der Waals surface area contributed by atoms with Crippen LogP contribution >= 0.6 is 0 Å². The van der Waals surface area contributed by atoms with Crippen LogP contribution in [-0.4, -0.2) is 9.67 Å². The van der Waals surface area contributed by atoms with Gasteiger partial charge in [0, 0.05) is 32.0 Å². The average molecular weight is 306 g/mol. The van der Waals surface area contributed by atoms with E-state index in [0.717, 1.165) is 30.8 Å². The van der Waals surface area contributed by atoms with Gasteiger partial charge in [0.25, 0.3) is 0 Å². The topological polar surface area (TPSA) is 37.2 Å². The van der Waals surface area contributed by atoms with Crippen molar-refractivity contribution in [1.82, 2.24) is 9.88 Å². The molecule has 0 aliphatic carbocycles. The molecule has 0 amide bonds. The highest BCUT2D eigenvalue weighted by Crippen LogP contribution is 2.10. The zero-order valence-corrected chi connectivity index (χ0v) is 13.2. The van der Waals surface area contributed by atoms with Crippen molar-refractivity contribution in [3.8, 4) is 0 Å². The van der Waals surface area contributed by atoms with E-state index in [-0.39, 0.29) is 6.61 Å². The van der Waals surface area contributed by atoms with Crippen LogP contribution in [0.3, 0.4) is 0 Å². The summed E-state index contributed by atoms with van der Waals surface area (Å²) >= 11 is 0. The minimum absolute atomic E-state index is 0.0886. The molecular weight excluding hydrogens is 284 g/mol. The smallest absolute Gasteiger partial charge is 0.0685 e. The van der Waals surface area contributed by atoms with Crippen LogP contribution in [0.4, 0.5) is 0 Å². The molecule has 2 aromatic carbocycles. The van der Waals surface area contributed by atoms with Gasteiger partial charge in [-0.2, -0.15) is 0 Å². The molecule has 0 aliphatic heterocycles. The Morgan fingerprint density at radius 1 is 0.783 bits per heavy atom. The van der Waals surface area contributed by atoms with Crippen molar-refractivity contribution in [2.45, 2.75) is 26.2 Å². The summed E-state index contributed by atoms with van der Waals surface area (Å²) in [5, 5.41) is 12.8. The Hall–Kier alpha value is -2.36. The van der Waals surface area contributed by atoms with Gasteiger partial charge in [-0.1, -0.05) is 54.6 Å². The maximum atomic E-state index is 9.35. The molecule has 118 valence electrons. The van der Waals surface area contributed by atoms with Gasteiger partial charge >= 0.3 is 0 Å². The molecular formula is C20H22N2O. The number of aromatic nitrogens is 1. The second kappa shape index (κ2) is 7.77. The van der Waals surface area contributed by atoms with Gasteiger partial charge in [0.1, 0.15) is 0 Å². The number of nitrogens with zero attached hydrogens (tertiary/aromatic N) is 1. The van der Waals surface area contributed by atoms with Gasteiger partial charge in [0.15, 0.2) is 0 Å². The third-order valence-electron chi connectivity index (χ3n) is 3.95. The maximum absolute atomic E-state index is 9.35. The van der Waals surface area contributed by atoms with E-state index in [4.69, 9.17) is 0 Å². The summed E-state index contributed by atoms with van der Waals surface area (Å²) in [5.74, 6) is 0. The van der Waals surface area contributed by atoms with Crippen molar-refractivity contribution in [1.29, 1.82) is 0 Å². The standard InChI is InChI=1S/C20H22N2O/c23-16-20-9-5-4-8-19(20)13-21-12-18-10-11-22(15-18)14-17-6-2-1-3-7-17/h1-11,15,21,23H,12-14,16H2. The fourth-order valence-corrected chi connectivity index (χ4v) is 2.71. The lowest BCUT2D eigenvalue weighted by Crippen LogP contribution is -2.13. The van der Waals surface area contributed by atoms with E-state index < -0.39 is 0 Å². The first kappa shape index (κ1) is 15.5. The first-order valence-corrected chi connectivity index (χ1v) is 7.92. The van der Waals surface area contributed by atoms with E-state index in [9.17, 15) is 5.11 Å². The molecule has 0 bridgehead atoms. The number of hydrogen-bond donors (Lipinski definition) is 2. The quantitative estimate of drug-likeness (QED) is 0.702. The van der Waals surface area contributed by atoms with Gasteiger partial charge in [0.2, 0.25) is 0 Å². The summed E-state index contributed by atoms with van der Waals surface area (Å²) in [6, 6.07) is 20.6. The monoisotopic (exact) mass is 306 g/mol. The normalized spacial score (nSPS) is 10.8. The maximum Gasteiger partial charge on any atom is 0.0685 e. The second-order valence-electron chi connectivity index (χ2n) is 5.71. The van der Waals surface area contributed by atoms with Crippen LogP contribution in [0.5, 0.6) is 0 Å². The van der Waals surface area contributed by atoms with Crippen molar-refractivity contribution >= 4 is 0 Å². The van der Waals surface area contributed by atoms with Crippen LogP contribution in [0, 0.1) is 0 Å². The molecule has 0 saturated carbocycles. The highest BCUT2D eigenvalue weighted by atomic mass is 16.3. The third kappa shape index (κ3) is 4.31. The molecule has 0 spiro atoms. The van der Waals surface area contributed by atoms with Crippen LogP contribution in [0.25, 0.3) is 0 Å². The predicted molar refractivity (Wildman–Crippen MR) is 92.9 cm³/mol. The van der Waals surface area contributed by atoms with Crippen molar-refractivity contribution in [2.24, 2.45) is 0 Å². The number of rotatable bonds is 7. The minimum atomic E-state index is 0.0886. The molecule has 0 unspecified atom stereocenters. The molecule has 2 N–H and O–H groups in total. The van der Waals surface area contributed by atoms with Crippen LogP contribution in [0.2, 0.25) is 0 Å². The van der Waals surface area contributed by atoms with Crippen LogP contribution in [0.1, 0.15) is 22.3 Å². The first-order chi connectivity index (χ1) is 11.3. The predicted octanol–water partition coefficient (Wildman–Crippen LogP) is 3.32. The summed E-state index contributed by atoms with van der Waals surface area (Å²) in [7, 11) is 0. The molecule has 3 aromatic rings. The van der Waals surface area contributed by atoms with E-state index in [1.807, 2.05) is 24.3 Å². The van der Waals surface area contributed by atoms with Crippen molar-refractivity contribution < 1.29 is 5.11 Å². The Labute approximate surface area is 137 Å². The lowest BCUT2D eigenvalue weighted by atomic mass is 10.1. The van der Waals surface area contributed by atoms with Crippen molar-refractivity contribution in [2.75, 3.05) is 0 Å². The SMILES string of the molecule is OCc1ccccc1CNCc1ccn(Cc2ccccc2)c1. The van der Waals surface area contributed by atoms with E-state index >= 15 is 0 Å².